The van der Waals surface area contributed by atoms with Crippen LogP contribution >= 0.6 is 11.8 Å². The van der Waals surface area contributed by atoms with Gasteiger partial charge in [0.15, 0.2) is 0 Å². The second kappa shape index (κ2) is 8.91. The molecule has 1 saturated carbocycles. The van der Waals surface area contributed by atoms with Gasteiger partial charge in [-0.1, -0.05) is 37.3 Å². The fourth-order valence-corrected chi connectivity index (χ4v) is 4.70. The molecule has 144 valence electrons. The van der Waals surface area contributed by atoms with Crippen LogP contribution in [0.2, 0.25) is 0 Å². The third-order valence-corrected chi connectivity index (χ3v) is 7.10. The molecule has 2 aromatic rings. The van der Waals surface area contributed by atoms with Gasteiger partial charge in [0, 0.05) is 29.2 Å². The lowest BCUT2D eigenvalue weighted by Crippen LogP contribution is -2.30. The first-order valence-electron chi connectivity index (χ1n) is 9.01. The van der Waals surface area contributed by atoms with Crippen LogP contribution in [0, 0.1) is 5.92 Å². The Hall–Kier alpha value is -1.83. The van der Waals surface area contributed by atoms with Crippen LogP contribution in [0.3, 0.4) is 0 Å². The predicted molar refractivity (Wildman–Crippen MR) is 108 cm³/mol. The molecule has 1 atom stereocenters. The van der Waals surface area contributed by atoms with Crippen molar-refractivity contribution in [2.75, 3.05) is 5.75 Å². The summed E-state index contributed by atoms with van der Waals surface area (Å²) in [4.78, 5) is 13.7. The van der Waals surface area contributed by atoms with E-state index in [-0.39, 0.29) is 22.8 Å². The van der Waals surface area contributed by atoms with E-state index < -0.39 is 10.0 Å². The van der Waals surface area contributed by atoms with Gasteiger partial charge >= 0.3 is 0 Å². The number of nitrogens with one attached hydrogen (secondary N) is 2. The molecular formula is C20H24N2O3S2. The van der Waals surface area contributed by atoms with E-state index in [9.17, 15) is 13.2 Å². The van der Waals surface area contributed by atoms with Gasteiger partial charge in [0.1, 0.15) is 0 Å². The third kappa shape index (κ3) is 6.09. The summed E-state index contributed by atoms with van der Waals surface area (Å²) in [6.07, 6.45) is 1.81. The van der Waals surface area contributed by atoms with Gasteiger partial charge in [-0.3, -0.25) is 4.79 Å². The van der Waals surface area contributed by atoms with E-state index in [0.29, 0.717) is 12.3 Å². The van der Waals surface area contributed by atoms with Gasteiger partial charge in [-0.2, -0.15) is 0 Å². The molecular weight excluding hydrogens is 380 g/mol. The summed E-state index contributed by atoms with van der Waals surface area (Å²) >= 11 is 1.66. The number of carbonyl (C=O) groups excluding carboxylic acids is 1. The lowest BCUT2D eigenvalue weighted by Gasteiger charge is -2.12. The molecule has 0 radical (unpaired) electrons. The quantitative estimate of drug-likeness (QED) is 0.630. The predicted octanol–water partition coefficient (Wildman–Crippen LogP) is 3.17. The Kier molecular flexibility index (Phi) is 6.57. The summed E-state index contributed by atoms with van der Waals surface area (Å²) < 4.78 is 27.0. The highest BCUT2D eigenvalue weighted by atomic mass is 32.2. The average molecular weight is 405 g/mol. The highest BCUT2D eigenvalue weighted by Gasteiger charge is 2.27. The van der Waals surface area contributed by atoms with Crippen molar-refractivity contribution in [3.63, 3.8) is 0 Å². The van der Waals surface area contributed by atoms with Crippen molar-refractivity contribution >= 4 is 27.7 Å². The van der Waals surface area contributed by atoms with Crippen LogP contribution in [0.4, 0.5) is 0 Å². The summed E-state index contributed by atoms with van der Waals surface area (Å²) in [6, 6.07) is 16.7. The molecule has 3 rings (SSSR count). The second-order valence-electron chi connectivity index (χ2n) is 6.78. The Morgan fingerprint density at radius 2 is 1.78 bits per heavy atom. The first kappa shape index (κ1) is 19.9. The lowest BCUT2D eigenvalue weighted by molar-refractivity contribution is -0.124. The number of carbonyl (C=O) groups is 1. The Balaban J connectivity index is 1.46. The average Bonchev–Trinajstić information content (AvgIpc) is 3.48. The summed E-state index contributed by atoms with van der Waals surface area (Å²) in [5.74, 6) is 0.586. The third-order valence-electron chi connectivity index (χ3n) is 4.29. The molecule has 1 fully saturated rings. The number of hydrogen-bond acceptors (Lipinski definition) is 4. The minimum absolute atomic E-state index is 0.00877. The molecule has 27 heavy (non-hydrogen) atoms. The van der Waals surface area contributed by atoms with Gasteiger partial charge < -0.3 is 5.32 Å². The fourth-order valence-electron chi connectivity index (χ4n) is 2.45. The van der Waals surface area contributed by atoms with E-state index in [2.05, 4.69) is 10.0 Å². The maximum absolute atomic E-state index is 12.3. The second-order valence-corrected chi connectivity index (χ2v) is 9.59. The Morgan fingerprint density at radius 1 is 1.11 bits per heavy atom. The zero-order valence-corrected chi connectivity index (χ0v) is 16.9. The van der Waals surface area contributed by atoms with Crippen molar-refractivity contribution in [2.45, 2.75) is 42.1 Å². The molecule has 0 saturated heterocycles. The number of sulfonamides is 1. The van der Waals surface area contributed by atoms with Crippen molar-refractivity contribution in [1.29, 1.82) is 0 Å². The summed E-state index contributed by atoms with van der Waals surface area (Å²) in [5.41, 5.74) is 0.872. The highest BCUT2D eigenvalue weighted by molar-refractivity contribution is 7.99. The zero-order chi connectivity index (χ0) is 19.3. The molecule has 0 spiro atoms. The minimum atomic E-state index is -3.43. The van der Waals surface area contributed by atoms with Crippen molar-refractivity contribution < 1.29 is 13.2 Å². The molecule has 7 heteroatoms. The van der Waals surface area contributed by atoms with Crippen LogP contribution < -0.4 is 10.0 Å². The topological polar surface area (TPSA) is 75.3 Å². The highest BCUT2D eigenvalue weighted by Crippen LogP contribution is 2.22. The SMILES string of the molecule is CC(CSc1ccccc1)C(=O)NCc1ccc(S(=O)(=O)NC2CC2)cc1. The first-order chi connectivity index (χ1) is 12.9. The van der Waals surface area contributed by atoms with Gasteiger partial charge in [0.25, 0.3) is 0 Å². The first-order valence-corrected chi connectivity index (χ1v) is 11.5. The molecule has 0 heterocycles. The number of benzene rings is 2. The maximum atomic E-state index is 12.3. The summed E-state index contributed by atoms with van der Waals surface area (Å²) in [6.45, 7) is 2.29. The van der Waals surface area contributed by atoms with E-state index in [1.54, 1.807) is 36.0 Å². The fraction of sp³-hybridized carbons (Fsp3) is 0.350. The molecule has 2 aromatic carbocycles. The smallest absolute Gasteiger partial charge is 0.240 e. The number of thioether (sulfide) groups is 1. The molecule has 0 aromatic heterocycles. The van der Waals surface area contributed by atoms with E-state index in [1.807, 2.05) is 37.3 Å². The van der Waals surface area contributed by atoms with Crippen molar-refractivity contribution in [1.82, 2.24) is 10.0 Å². The van der Waals surface area contributed by atoms with Crippen LogP contribution in [0.15, 0.2) is 64.4 Å². The molecule has 1 aliphatic rings. The normalized spacial score (nSPS) is 15.3. The standard InChI is InChI=1S/C20H24N2O3S2/c1-15(14-26-18-5-3-2-4-6-18)20(23)21-13-16-7-11-19(12-8-16)27(24,25)22-17-9-10-17/h2-8,11-12,15,17,22H,9-10,13-14H2,1H3,(H,21,23). The van der Waals surface area contributed by atoms with Crippen LogP contribution in [0.1, 0.15) is 25.3 Å². The molecule has 1 amide bonds. The monoisotopic (exact) mass is 404 g/mol. The van der Waals surface area contributed by atoms with Crippen molar-refractivity contribution in [3.05, 3.63) is 60.2 Å². The van der Waals surface area contributed by atoms with Gasteiger partial charge in [0.05, 0.1) is 4.90 Å². The van der Waals surface area contributed by atoms with Crippen LogP contribution in [-0.2, 0) is 21.4 Å². The van der Waals surface area contributed by atoms with Gasteiger partial charge in [-0.25, -0.2) is 13.1 Å². The van der Waals surface area contributed by atoms with E-state index >= 15 is 0 Å². The number of amides is 1. The largest absolute Gasteiger partial charge is 0.352 e. The van der Waals surface area contributed by atoms with Gasteiger partial charge in [-0.05, 0) is 42.7 Å². The molecule has 1 unspecified atom stereocenters. The van der Waals surface area contributed by atoms with E-state index in [1.165, 1.54) is 0 Å². The molecule has 5 nitrogen and oxygen atoms in total. The Bertz CT molecular complexity index is 864. The van der Waals surface area contributed by atoms with E-state index in [4.69, 9.17) is 0 Å². The molecule has 0 bridgehead atoms. The summed E-state index contributed by atoms with van der Waals surface area (Å²) in [7, 11) is -3.43. The van der Waals surface area contributed by atoms with Crippen molar-refractivity contribution in [2.24, 2.45) is 5.92 Å². The van der Waals surface area contributed by atoms with Crippen LogP contribution in [0.25, 0.3) is 0 Å². The minimum Gasteiger partial charge on any atom is -0.352 e. The van der Waals surface area contributed by atoms with Crippen LogP contribution in [0.5, 0.6) is 0 Å². The lowest BCUT2D eigenvalue weighted by atomic mass is 10.2. The van der Waals surface area contributed by atoms with Gasteiger partial charge in [0.2, 0.25) is 15.9 Å². The number of rotatable bonds is 9. The molecule has 1 aliphatic carbocycles. The number of hydrogen-bond donors (Lipinski definition) is 2. The summed E-state index contributed by atoms with van der Waals surface area (Å²) in [5, 5.41) is 2.92. The Labute approximate surface area is 165 Å². The van der Waals surface area contributed by atoms with E-state index in [0.717, 1.165) is 23.3 Å². The maximum Gasteiger partial charge on any atom is 0.240 e. The van der Waals surface area contributed by atoms with Crippen LogP contribution in [-0.4, -0.2) is 26.1 Å². The van der Waals surface area contributed by atoms with Crippen molar-refractivity contribution in [3.8, 4) is 0 Å². The zero-order valence-electron chi connectivity index (χ0n) is 15.2. The molecule has 0 aliphatic heterocycles. The Morgan fingerprint density at radius 3 is 2.41 bits per heavy atom. The molecule has 2 N–H and O–H groups in total. The van der Waals surface area contributed by atoms with Gasteiger partial charge in [-0.15, -0.1) is 11.8 Å².